The number of carbonyl (C=O) groups is 2. The molecule has 2 aromatic carbocycles. The van der Waals surface area contributed by atoms with E-state index >= 15 is 0 Å². The van der Waals surface area contributed by atoms with Crippen molar-refractivity contribution in [2.75, 3.05) is 16.9 Å². The van der Waals surface area contributed by atoms with Crippen LogP contribution in [0.1, 0.15) is 15.9 Å². The summed E-state index contributed by atoms with van der Waals surface area (Å²) in [5.41, 5.74) is 0.702. The summed E-state index contributed by atoms with van der Waals surface area (Å²) in [6, 6.07) is 9.34. The molecule has 0 aliphatic carbocycles. The lowest BCUT2D eigenvalue weighted by atomic mass is 10.1. The number of aryl methyl sites for hydroxylation is 1. The minimum atomic E-state index is -0.735. The summed E-state index contributed by atoms with van der Waals surface area (Å²) in [6.07, 6.45) is 0. The highest BCUT2D eigenvalue weighted by atomic mass is 32.2. The molecular formula is C18H16F2N2O2S. The van der Waals surface area contributed by atoms with Crippen molar-refractivity contribution in [2.45, 2.75) is 13.0 Å². The van der Waals surface area contributed by atoms with Crippen molar-refractivity contribution in [2.24, 2.45) is 0 Å². The van der Waals surface area contributed by atoms with Gasteiger partial charge in [-0.15, -0.1) is 11.8 Å². The van der Waals surface area contributed by atoms with Gasteiger partial charge in [0.25, 0.3) is 5.91 Å². The number of para-hydroxylation sites is 1. The summed E-state index contributed by atoms with van der Waals surface area (Å²) in [5.74, 6) is -1.16. The van der Waals surface area contributed by atoms with Gasteiger partial charge < -0.3 is 10.2 Å². The molecule has 1 N–H and O–H groups in total. The standard InChI is InChI=1S/C18H16F2N2O2S/c1-11-6-7-12(8-14(11)20)18(24)22-10-25-9-16(22)17(23)21-15-5-3-2-4-13(15)19/h2-8,16H,9-10H2,1H3,(H,21,23). The van der Waals surface area contributed by atoms with Gasteiger partial charge in [-0.1, -0.05) is 18.2 Å². The first-order valence-electron chi connectivity index (χ1n) is 7.67. The number of anilines is 1. The van der Waals surface area contributed by atoms with Crippen LogP contribution in [-0.2, 0) is 4.79 Å². The highest BCUT2D eigenvalue weighted by Crippen LogP contribution is 2.25. The first kappa shape index (κ1) is 17.4. The Morgan fingerprint density at radius 3 is 2.64 bits per heavy atom. The van der Waals surface area contributed by atoms with Crippen LogP contribution in [0.5, 0.6) is 0 Å². The van der Waals surface area contributed by atoms with E-state index in [1.54, 1.807) is 13.0 Å². The molecule has 1 heterocycles. The molecule has 1 aliphatic heterocycles. The van der Waals surface area contributed by atoms with Crippen LogP contribution in [0.4, 0.5) is 14.5 Å². The molecule has 4 nitrogen and oxygen atoms in total. The van der Waals surface area contributed by atoms with Crippen molar-refractivity contribution in [1.82, 2.24) is 4.90 Å². The van der Waals surface area contributed by atoms with Crippen LogP contribution in [0.3, 0.4) is 0 Å². The predicted molar refractivity (Wildman–Crippen MR) is 93.4 cm³/mol. The summed E-state index contributed by atoms with van der Waals surface area (Å²) in [6.45, 7) is 1.61. The molecule has 130 valence electrons. The van der Waals surface area contributed by atoms with Crippen molar-refractivity contribution >= 4 is 29.3 Å². The number of nitrogens with zero attached hydrogens (tertiary/aromatic N) is 1. The number of carbonyl (C=O) groups excluding carboxylic acids is 2. The molecule has 0 bridgehead atoms. The summed E-state index contributed by atoms with van der Waals surface area (Å²) >= 11 is 1.42. The van der Waals surface area contributed by atoms with Gasteiger partial charge in [-0.25, -0.2) is 8.78 Å². The first-order valence-corrected chi connectivity index (χ1v) is 8.83. The highest BCUT2D eigenvalue weighted by molar-refractivity contribution is 7.99. The van der Waals surface area contributed by atoms with E-state index in [-0.39, 0.29) is 11.3 Å². The van der Waals surface area contributed by atoms with Crippen LogP contribution in [0.15, 0.2) is 42.5 Å². The maximum Gasteiger partial charge on any atom is 0.255 e. The molecule has 2 aromatic rings. The fourth-order valence-corrected chi connectivity index (χ4v) is 3.68. The zero-order chi connectivity index (χ0) is 18.0. The number of thioether (sulfide) groups is 1. The lowest BCUT2D eigenvalue weighted by molar-refractivity contribution is -0.119. The third kappa shape index (κ3) is 3.66. The van der Waals surface area contributed by atoms with Gasteiger partial charge in [0.15, 0.2) is 0 Å². The van der Waals surface area contributed by atoms with Gasteiger partial charge >= 0.3 is 0 Å². The summed E-state index contributed by atoms with van der Waals surface area (Å²) < 4.78 is 27.4. The Labute approximate surface area is 148 Å². The lowest BCUT2D eigenvalue weighted by Gasteiger charge is -2.23. The molecule has 1 aliphatic rings. The normalized spacial score (nSPS) is 16.8. The Balaban J connectivity index is 1.77. The molecule has 0 radical (unpaired) electrons. The van der Waals surface area contributed by atoms with Crippen LogP contribution in [0.2, 0.25) is 0 Å². The third-order valence-corrected chi connectivity index (χ3v) is 5.01. The van der Waals surface area contributed by atoms with Gasteiger partial charge in [0, 0.05) is 11.3 Å². The fourth-order valence-electron chi connectivity index (χ4n) is 2.53. The largest absolute Gasteiger partial charge is 0.322 e. The number of hydrogen-bond donors (Lipinski definition) is 1. The van der Waals surface area contributed by atoms with Gasteiger partial charge in [0.1, 0.15) is 17.7 Å². The van der Waals surface area contributed by atoms with Crippen molar-refractivity contribution < 1.29 is 18.4 Å². The Hall–Kier alpha value is -2.41. The fraction of sp³-hybridized carbons (Fsp3) is 0.222. The van der Waals surface area contributed by atoms with E-state index in [1.165, 1.54) is 53.1 Å². The number of amides is 2. The Morgan fingerprint density at radius 2 is 1.92 bits per heavy atom. The molecular weight excluding hydrogens is 346 g/mol. The molecule has 0 spiro atoms. The molecule has 2 amide bonds. The first-order chi connectivity index (χ1) is 12.0. The predicted octanol–water partition coefficient (Wildman–Crippen LogP) is 3.43. The van der Waals surface area contributed by atoms with Gasteiger partial charge in [-0.3, -0.25) is 9.59 Å². The van der Waals surface area contributed by atoms with Gasteiger partial charge in [-0.2, -0.15) is 0 Å². The van der Waals surface area contributed by atoms with E-state index in [0.717, 1.165) is 0 Å². The van der Waals surface area contributed by atoms with Crippen LogP contribution in [-0.4, -0.2) is 34.4 Å². The van der Waals surface area contributed by atoms with Gasteiger partial charge in [-0.05, 0) is 36.8 Å². The zero-order valence-corrected chi connectivity index (χ0v) is 14.3. The van der Waals surface area contributed by atoms with Crippen molar-refractivity contribution in [1.29, 1.82) is 0 Å². The van der Waals surface area contributed by atoms with E-state index < -0.39 is 29.5 Å². The third-order valence-electron chi connectivity index (χ3n) is 4.00. The molecule has 1 unspecified atom stereocenters. The van der Waals surface area contributed by atoms with Gasteiger partial charge in [0.2, 0.25) is 5.91 Å². The Morgan fingerprint density at radius 1 is 1.16 bits per heavy atom. The quantitative estimate of drug-likeness (QED) is 0.910. The Bertz CT molecular complexity index is 828. The number of rotatable bonds is 3. The molecule has 0 aromatic heterocycles. The van der Waals surface area contributed by atoms with Crippen LogP contribution in [0.25, 0.3) is 0 Å². The second-order valence-corrected chi connectivity index (χ2v) is 6.72. The topological polar surface area (TPSA) is 49.4 Å². The number of nitrogens with one attached hydrogen (secondary N) is 1. The minimum Gasteiger partial charge on any atom is -0.322 e. The van der Waals surface area contributed by atoms with Crippen LogP contribution >= 0.6 is 11.8 Å². The minimum absolute atomic E-state index is 0.0678. The number of benzene rings is 2. The van der Waals surface area contributed by atoms with Crippen LogP contribution in [0, 0.1) is 18.6 Å². The second kappa shape index (κ2) is 7.23. The average molecular weight is 362 g/mol. The molecule has 1 atom stereocenters. The molecule has 1 fully saturated rings. The molecule has 0 saturated carbocycles. The smallest absolute Gasteiger partial charge is 0.255 e. The summed E-state index contributed by atoms with van der Waals surface area (Å²) in [5, 5.41) is 2.51. The molecule has 3 rings (SSSR count). The number of hydrogen-bond acceptors (Lipinski definition) is 3. The zero-order valence-electron chi connectivity index (χ0n) is 13.5. The van der Waals surface area contributed by atoms with E-state index in [1.807, 2.05) is 0 Å². The van der Waals surface area contributed by atoms with Crippen molar-refractivity contribution in [3.05, 3.63) is 65.2 Å². The van der Waals surface area contributed by atoms with Crippen molar-refractivity contribution in [3.8, 4) is 0 Å². The van der Waals surface area contributed by atoms with Crippen LogP contribution < -0.4 is 5.32 Å². The maximum absolute atomic E-state index is 13.7. The van der Waals surface area contributed by atoms with E-state index in [0.29, 0.717) is 17.2 Å². The second-order valence-electron chi connectivity index (χ2n) is 5.72. The average Bonchev–Trinajstić information content (AvgIpc) is 3.08. The summed E-state index contributed by atoms with van der Waals surface area (Å²) in [4.78, 5) is 26.5. The highest BCUT2D eigenvalue weighted by Gasteiger charge is 2.35. The number of halogens is 2. The van der Waals surface area contributed by atoms with Crippen molar-refractivity contribution in [3.63, 3.8) is 0 Å². The Kier molecular flexibility index (Phi) is 5.03. The van der Waals surface area contributed by atoms with Gasteiger partial charge in [0.05, 0.1) is 11.6 Å². The van der Waals surface area contributed by atoms with E-state index in [4.69, 9.17) is 0 Å². The van der Waals surface area contributed by atoms with E-state index in [2.05, 4.69) is 5.32 Å². The molecule has 7 heteroatoms. The molecule has 1 saturated heterocycles. The molecule has 25 heavy (non-hydrogen) atoms. The monoisotopic (exact) mass is 362 g/mol. The van der Waals surface area contributed by atoms with E-state index in [9.17, 15) is 18.4 Å². The SMILES string of the molecule is Cc1ccc(C(=O)N2CSCC2C(=O)Nc2ccccc2F)cc1F. The maximum atomic E-state index is 13.7. The summed E-state index contributed by atoms with van der Waals surface area (Å²) in [7, 11) is 0. The lowest BCUT2D eigenvalue weighted by Crippen LogP contribution is -2.44.